The number of para-hydroxylation sites is 4. The smallest absolute Gasteiger partial charge is 0.464 e. The Morgan fingerprint density at radius 3 is 1.30 bits per heavy atom. The third kappa shape index (κ3) is 12.9. The lowest BCUT2D eigenvalue weighted by Gasteiger charge is -2.37. The number of phenols is 1. The van der Waals surface area contributed by atoms with Crippen molar-refractivity contribution in [3.63, 3.8) is 0 Å². The maximum absolute atomic E-state index is 11.5. The van der Waals surface area contributed by atoms with Crippen molar-refractivity contribution in [2.45, 2.75) is 12.5 Å². The summed E-state index contributed by atoms with van der Waals surface area (Å²) >= 11 is 0. The zero-order chi connectivity index (χ0) is 52.2. The summed E-state index contributed by atoms with van der Waals surface area (Å²) in [6.07, 6.45) is 5.96. The number of allylic oxidation sites excluding steroid dienone is 4. The van der Waals surface area contributed by atoms with E-state index in [1.165, 1.54) is 0 Å². The van der Waals surface area contributed by atoms with E-state index in [2.05, 4.69) is 43.0 Å². The van der Waals surface area contributed by atoms with Crippen LogP contribution >= 0.6 is 17.6 Å². The third-order valence-corrected chi connectivity index (χ3v) is 14.0. The number of benzene rings is 10. The lowest BCUT2D eigenvalue weighted by Crippen LogP contribution is -2.32. The average Bonchev–Trinajstić information content (AvgIpc) is 3.55. The molecule has 0 aliphatic rings. The zero-order valence-electron chi connectivity index (χ0n) is 41.9. The van der Waals surface area contributed by atoms with Gasteiger partial charge in [0.25, 0.3) is 9.03 Å². The Morgan fingerprint density at radius 2 is 0.842 bits per heavy atom. The fraction of sp³-hybridized carbons (Fsp3) is 0.0294. The van der Waals surface area contributed by atoms with Gasteiger partial charge in [0.1, 0.15) is 28.8 Å². The van der Waals surface area contributed by atoms with Crippen molar-refractivity contribution in [1.29, 1.82) is 0 Å². The molecular weight excluding hydrogens is 975 g/mol. The topological polar surface area (TPSA) is 66.4 Å². The minimum Gasteiger partial charge on any atom is -0.508 e. The number of aromatic hydroxyl groups is 1. The van der Waals surface area contributed by atoms with E-state index in [9.17, 15) is 5.11 Å². The maximum atomic E-state index is 11.5. The van der Waals surface area contributed by atoms with Crippen LogP contribution in [0.5, 0.6) is 23.0 Å². The maximum Gasteiger partial charge on any atom is 0.464 e. The summed E-state index contributed by atoms with van der Waals surface area (Å²) in [6, 6.07) is 91.3. The molecule has 10 aromatic rings. The van der Waals surface area contributed by atoms with Crippen LogP contribution in [0.25, 0.3) is 39.0 Å². The third-order valence-electron chi connectivity index (χ3n) is 12.3. The molecule has 76 heavy (non-hydrogen) atoms. The second-order valence-electron chi connectivity index (χ2n) is 17.2. The molecule has 10 aromatic carbocycles. The van der Waals surface area contributed by atoms with Gasteiger partial charge in [0.05, 0.1) is 0 Å². The second kappa shape index (κ2) is 26.5. The van der Waals surface area contributed by atoms with Crippen LogP contribution in [0.1, 0.15) is 29.2 Å². The molecule has 0 aromatic heterocycles. The van der Waals surface area contributed by atoms with Crippen LogP contribution in [0, 0.1) is 0 Å². The first-order chi connectivity index (χ1) is 37.5. The van der Waals surface area contributed by atoms with Gasteiger partial charge in [-0.2, -0.15) is 0 Å². The molecule has 0 fully saturated rings. The fourth-order valence-corrected chi connectivity index (χ4v) is 10.4. The molecule has 0 saturated carbocycles. The van der Waals surface area contributed by atoms with Gasteiger partial charge in [0.15, 0.2) is 5.60 Å². The summed E-state index contributed by atoms with van der Waals surface area (Å²) in [6.45, 7) is 6.08. The Balaban J connectivity index is 0.000000214. The summed E-state index contributed by atoms with van der Waals surface area (Å²) in [4.78, 5) is 0. The molecule has 1 N–H and O–H groups in total. The first-order valence-corrected chi connectivity index (χ1v) is 26.8. The van der Waals surface area contributed by atoms with Gasteiger partial charge >= 0.3 is 8.60 Å². The van der Waals surface area contributed by atoms with Crippen molar-refractivity contribution in [3.05, 3.63) is 332 Å². The van der Waals surface area contributed by atoms with Crippen molar-refractivity contribution in [1.82, 2.24) is 0 Å². The highest BCUT2D eigenvalue weighted by molar-refractivity contribution is 7.42. The van der Waals surface area contributed by atoms with Crippen LogP contribution in [-0.4, -0.2) is 5.11 Å². The molecule has 0 heterocycles. The predicted octanol–water partition coefficient (Wildman–Crippen LogP) is 18.9. The molecule has 10 rings (SSSR count). The number of phenolic OH excluding ortho intramolecular Hbond substituents is 1. The van der Waals surface area contributed by atoms with Crippen LogP contribution in [0.4, 0.5) is 0 Å². The van der Waals surface area contributed by atoms with E-state index in [1.54, 1.807) is 6.07 Å². The van der Waals surface area contributed by atoms with E-state index >= 15 is 0 Å². The standard InChI is InChI=1S/C43H33O4P.C25H23O2P/c44-40-30-16-15-29-39(40)43(35-23-9-3-10-24-35,36-25-11-4-12-26-36)47-48(45-41-31-17-13-27-37(41)33-19-5-1-6-20-33)46-42-32-18-14-28-38(42)34-21-7-2-8-22-34;1-3-4-17-23(21-13-7-5-8-14-21)20(2)26-28-27-25-19-12-11-18-24(25)22-15-9-6-10-16-22/h1-32,44H;3-19,28H,2H2,1H3/b;4-3-,23-17+. The molecule has 0 radical (unpaired) electrons. The molecule has 1 unspecified atom stereocenters. The first kappa shape index (κ1) is 52.1. The van der Waals surface area contributed by atoms with Gasteiger partial charge in [0, 0.05) is 27.8 Å². The van der Waals surface area contributed by atoms with Crippen LogP contribution in [0.2, 0.25) is 0 Å². The Kier molecular flexibility index (Phi) is 18.1. The molecule has 0 saturated heterocycles. The minimum atomic E-state index is -2.21. The van der Waals surface area contributed by atoms with Gasteiger partial charge < -0.3 is 23.2 Å². The van der Waals surface area contributed by atoms with Gasteiger partial charge in [-0.15, -0.1) is 0 Å². The molecule has 8 heteroatoms. The van der Waals surface area contributed by atoms with E-state index in [0.717, 1.165) is 61.4 Å². The number of rotatable bonds is 19. The lowest BCUT2D eigenvalue weighted by atomic mass is 9.80. The minimum absolute atomic E-state index is 0.0922. The molecule has 374 valence electrons. The highest BCUT2D eigenvalue weighted by Crippen LogP contribution is 2.56. The SMILES string of the molecule is C=C(OPOc1ccccc1-c1ccccc1)/C(=C\C=C/C)c1ccccc1.Oc1ccccc1C(OP(Oc1ccccc1-c1ccccc1)Oc1ccccc1-c1ccccc1)(c1ccccc1)c1ccccc1. The zero-order valence-corrected chi connectivity index (χ0v) is 43.8. The monoisotopic (exact) mass is 1030 g/mol. The highest BCUT2D eigenvalue weighted by atomic mass is 31.2. The Bertz CT molecular complexity index is 3340. The molecule has 0 aliphatic carbocycles. The summed E-state index contributed by atoms with van der Waals surface area (Å²) in [7, 11) is -2.40. The Hall–Kier alpha value is -8.76. The van der Waals surface area contributed by atoms with Crippen molar-refractivity contribution < 1.29 is 27.7 Å². The van der Waals surface area contributed by atoms with Crippen molar-refractivity contribution >= 4 is 23.2 Å². The predicted molar refractivity (Wildman–Crippen MR) is 314 cm³/mol. The van der Waals surface area contributed by atoms with Crippen molar-refractivity contribution in [2.24, 2.45) is 0 Å². The molecule has 0 amide bonds. The summed E-state index contributed by atoms with van der Waals surface area (Å²) < 4.78 is 32.9. The average molecular weight is 1030 g/mol. The molecule has 1 atom stereocenters. The van der Waals surface area contributed by atoms with E-state index in [4.69, 9.17) is 22.6 Å². The van der Waals surface area contributed by atoms with Crippen LogP contribution < -0.4 is 13.6 Å². The fourth-order valence-electron chi connectivity index (χ4n) is 8.63. The Labute approximate surface area is 449 Å². The molecule has 0 bridgehead atoms. The van der Waals surface area contributed by atoms with E-state index in [-0.39, 0.29) is 14.8 Å². The van der Waals surface area contributed by atoms with Crippen LogP contribution in [0.15, 0.2) is 310 Å². The van der Waals surface area contributed by atoms with Gasteiger partial charge in [-0.3, -0.25) is 4.52 Å². The van der Waals surface area contributed by atoms with E-state index < -0.39 is 14.2 Å². The van der Waals surface area contributed by atoms with Crippen molar-refractivity contribution in [3.8, 4) is 56.4 Å². The summed E-state index contributed by atoms with van der Waals surface area (Å²) in [5.74, 6) is 2.69. The van der Waals surface area contributed by atoms with Gasteiger partial charge in [-0.05, 0) is 64.6 Å². The van der Waals surface area contributed by atoms with E-state index in [0.29, 0.717) is 22.8 Å². The normalized spacial score (nSPS) is 11.5. The molecule has 0 spiro atoms. The number of hydrogen-bond acceptors (Lipinski definition) is 6. The van der Waals surface area contributed by atoms with Crippen LogP contribution in [0.3, 0.4) is 0 Å². The van der Waals surface area contributed by atoms with Crippen molar-refractivity contribution in [2.75, 3.05) is 0 Å². The quantitative estimate of drug-likeness (QED) is 0.0377. The molecular formula is C68H56O6P2. The van der Waals surface area contributed by atoms with Crippen LogP contribution in [-0.2, 0) is 14.6 Å². The largest absolute Gasteiger partial charge is 0.508 e. The second-order valence-corrected chi connectivity index (χ2v) is 18.8. The molecule has 0 aliphatic heterocycles. The van der Waals surface area contributed by atoms with Gasteiger partial charge in [-0.25, -0.2) is 0 Å². The molecule has 6 nitrogen and oxygen atoms in total. The Morgan fingerprint density at radius 1 is 0.461 bits per heavy atom. The van der Waals surface area contributed by atoms with E-state index in [1.807, 2.05) is 262 Å². The number of hydrogen-bond donors (Lipinski definition) is 1. The summed E-state index contributed by atoms with van der Waals surface area (Å²) in [5, 5.41) is 11.5. The lowest BCUT2D eigenvalue weighted by molar-refractivity contribution is 0.133. The highest BCUT2D eigenvalue weighted by Gasteiger charge is 2.45. The summed E-state index contributed by atoms with van der Waals surface area (Å²) in [5.41, 5.74) is 8.83. The first-order valence-electron chi connectivity index (χ1n) is 24.9. The van der Waals surface area contributed by atoms with Gasteiger partial charge in [-0.1, -0.05) is 280 Å². The van der Waals surface area contributed by atoms with Gasteiger partial charge in [0.2, 0.25) is 0 Å².